The van der Waals surface area contributed by atoms with Crippen molar-refractivity contribution in [3.63, 3.8) is 0 Å². The monoisotopic (exact) mass is 521 g/mol. The van der Waals surface area contributed by atoms with Crippen molar-refractivity contribution in [1.29, 1.82) is 0 Å². The maximum atomic E-state index is 14.0. The van der Waals surface area contributed by atoms with Crippen molar-refractivity contribution in [2.75, 3.05) is 13.1 Å². The number of quaternary nitrogens is 1. The Kier molecular flexibility index (Phi) is 5.52. The van der Waals surface area contributed by atoms with Crippen LogP contribution in [-0.2, 0) is 22.4 Å². The van der Waals surface area contributed by atoms with Crippen LogP contribution in [0.15, 0.2) is 79.0 Å². The molecule has 0 aliphatic carbocycles. The first-order chi connectivity index (χ1) is 19.0. The first kappa shape index (κ1) is 23.7. The standard InChI is InChI=1S/C30H27N5O4/c36-27-17-33(13-12-19-16-31-24-10-3-1-8-21(19)24)30(37)26-15-23-22-9-2-4-11-25(22)32-28(23)29(34(26)27)18-6-5-7-20(14-18)35(38)39/h1-11,14,16,26,29,31-32,35,38H,12-13,15,17H2/t26-,29?/m0/s1. The molecule has 7 rings (SSSR count). The molecule has 0 radical (unpaired) electrons. The van der Waals surface area contributed by atoms with E-state index in [1.165, 1.54) is 6.07 Å². The number of carbonyl (C=O) groups excluding carboxylic acids is 2. The molecule has 1 fully saturated rings. The average Bonchev–Trinajstić information content (AvgIpc) is 3.54. The van der Waals surface area contributed by atoms with Gasteiger partial charge in [0, 0.05) is 58.8 Å². The van der Waals surface area contributed by atoms with Crippen molar-refractivity contribution in [2.45, 2.75) is 24.9 Å². The molecule has 2 aliphatic heterocycles. The Morgan fingerprint density at radius 2 is 1.74 bits per heavy atom. The molecule has 3 atom stereocenters. The highest BCUT2D eigenvalue weighted by Gasteiger charge is 2.48. The van der Waals surface area contributed by atoms with Gasteiger partial charge in [-0.15, -0.1) is 0 Å². The van der Waals surface area contributed by atoms with E-state index in [0.29, 0.717) is 24.9 Å². The molecule has 5 aromatic rings. The minimum Gasteiger partial charge on any atom is -0.595 e. The summed E-state index contributed by atoms with van der Waals surface area (Å²) in [4.78, 5) is 37.9. The molecular formula is C30H27N5O4. The summed E-state index contributed by atoms with van der Waals surface area (Å²) in [5.74, 6) is -0.224. The van der Waals surface area contributed by atoms with E-state index in [2.05, 4.69) is 16.0 Å². The van der Waals surface area contributed by atoms with E-state index in [1.54, 1.807) is 21.9 Å². The highest BCUT2D eigenvalue weighted by Crippen LogP contribution is 2.42. The fourth-order valence-electron chi connectivity index (χ4n) is 6.29. The molecule has 39 heavy (non-hydrogen) atoms. The lowest BCUT2D eigenvalue weighted by atomic mass is 9.86. The van der Waals surface area contributed by atoms with Crippen LogP contribution < -0.4 is 5.23 Å². The van der Waals surface area contributed by atoms with Gasteiger partial charge in [-0.25, -0.2) is 5.21 Å². The molecule has 0 saturated carbocycles. The largest absolute Gasteiger partial charge is 0.595 e. The first-order valence-corrected chi connectivity index (χ1v) is 13.1. The second-order valence-corrected chi connectivity index (χ2v) is 10.3. The van der Waals surface area contributed by atoms with Gasteiger partial charge in [-0.2, -0.15) is 5.23 Å². The van der Waals surface area contributed by atoms with Gasteiger partial charge in [0.2, 0.25) is 11.8 Å². The SMILES string of the molecule is O=C1[C@@H]2Cc3c([nH]c4ccccc34)C(c3cccc([NH+]([O-])O)c3)N2C(=O)CN1CCc1c[nH]c2ccccc12. The predicted molar refractivity (Wildman–Crippen MR) is 145 cm³/mol. The van der Waals surface area contributed by atoms with Crippen molar-refractivity contribution < 1.29 is 20.0 Å². The Hall–Kier alpha value is -4.44. The van der Waals surface area contributed by atoms with Gasteiger partial charge in [-0.3, -0.25) is 9.59 Å². The molecule has 0 spiro atoms. The first-order valence-electron chi connectivity index (χ1n) is 13.1. The van der Waals surface area contributed by atoms with E-state index in [-0.39, 0.29) is 24.0 Å². The summed E-state index contributed by atoms with van der Waals surface area (Å²) >= 11 is 0. The van der Waals surface area contributed by atoms with Gasteiger partial charge in [-0.05, 0) is 35.2 Å². The zero-order chi connectivity index (χ0) is 26.7. The summed E-state index contributed by atoms with van der Waals surface area (Å²) in [6.07, 6.45) is 3.01. The Balaban J connectivity index is 1.26. The Labute approximate surface area is 223 Å². The summed E-state index contributed by atoms with van der Waals surface area (Å²) in [6, 6.07) is 21.4. The lowest BCUT2D eigenvalue weighted by Gasteiger charge is -2.47. The molecule has 1 saturated heterocycles. The number of para-hydroxylation sites is 2. The molecule has 3 aromatic carbocycles. The zero-order valence-electron chi connectivity index (χ0n) is 21.1. The Morgan fingerprint density at radius 3 is 2.56 bits per heavy atom. The van der Waals surface area contributed by atoms with Crippen LogP contribution in [0.5, 0.6) is 0 Å². The molecule has 9 nitrogen and oxygen atoms in total. The summed E-state index contributed by atoms with van der Waals surface area (Å²) in [5.41, 5.74) is 5.73. The molecule has 0 bridgehead atoms. The molecule has 4 heterocycles. The van der Waals surface area contributed by atoms with Gasteiger partial charge in [0.05, 0.1) is 12.6 Å². The van der Waals surface area contributed by atoms with Crippen molar-refractivity contribution in [3.05, 3.63) is 107 Å². The van der Waals surface area contributed by atoms with Gasteiger partial charge in [0.25, 0.3) is 0 Å². The summed E-state index contributed by atoms with van der Waals surface area (Å²) in [7, 11) is 0. The fraction of sp³-hybridized carbons (Fsp3) is 0.200. The Morgan fingerprint density at radius 1 is 0.974 bits per heavy atom. The van der Waals surface area contributed by atoms with Gasteiger partial charge < -0.3 is 25.0 Å². The van der Waals surface area contributed by atoms with Crippen LogP contribution in [0.2, 0.25) is 0 Å². The van der Waals surface area contributed by atoms with Crippen LogP contribution in [0.3, 0.4) is 0 Å². The summed E-state index contributed by atoms with van der Waals surface area (Å²) in [5, 5.41) is 22.5. The van der Waals surface area contributed by atoms with Gasteiger partial charge in [0.1, 0.15) is 6.04 Å². The lowest BCUT2D eigenvalue weighted by Crippen LogP contribution is -2.99. The van der Waals surface area contributed by atoms with Crippen LogP contribution in [0.25, 0.3) is 21.8 Å². The van der Waals surface area contributed by atoms with E-state index >= 15 is 0 Å². The Bertz CT molecular complexity index is 1740. The van der Waals surface area contributed by atoms with Crippen LogP contribution in [0.4, 0.5) is 5.69 Å². The number of rotatable bonds is 5. The molecule has 2 unspecified atom stereocenters. The molecule has 2 amide bonds. The number of carbonyl (C=O) groups is 2. The second kappa shape index (κ2) is 9.09. The van der Waals surface area contributed by atoms with E-state index in [0.717, 1.165) is 38.6 Å². The number of nitrogens with one attached hydrogen (secondary N) is 3. The molecule has 2 aliphatic rings. The highest BCUT2D eigenvalue weighted by atomic mass is 16.8. The van der Waals surface area contributed by atoms with Gasteiger partial charge in [-0.1, -0.05) is 48.5 Å². The van der Waals surface area contributed by atoms with Crippen molar-refractivity contribution in [1.82, 2.24) is 19.8 Å². The number of fused-ring (bicyclic) bond motifs is 5. The quantitative estimate of drug-likeness (QED) is 0.266. The third-order valence-corrected chi connectivity index (χ3v) is 8.12. The number of nitrogens with zero attached hydrogens (tertiary/aromatic N) is 2. The maximum absolute atomic E-state index is 14.0. The van der Waals surface area contributed by atoms with Crippen molar-refractivity contribution >= 4 is 39.3 Å². The number of hydrogen-bond acceptors (Lipinski definition) is 4. The van der Waals surface area contributed by atoms with Crippen LogP contribution >= 0.6 is 0 Å². The smallest absolute Gasteiger partial charge is 0.246 e. The molecule has 9 heteroatoms. The number of aromatic amines is 2. The topological polar surface area (TPSA) is 120 Å². The van der Waals surface area contributed by atoms with Gasteiger partial charge >= 0.3 is 0 Å². The number of aromatic nitrogens is 2. The molecule has 196 valence electrons. The number of H-pyrrole nitrogens is 2. The van der Waals surface area contributed by atoms with E-state index in [9.17, 15) is 20.0 Å². The van der Waals surface area contributed by atoms with Gasteiger partial charge in [0.15, 0.2) is 5.69 Å². The van der Waals surface area contributed by atoms with Crippen LogP contribution in [0, 0.1) is 5.21 Å². The molecular weight excluding hydrogens is 494 g/mol. The summed E-state index contributed by atoms with van der Waals surface area (Å²) in [6.45, 7) is 0.430. The molecule has 2 aromatic heterocycles. The van der Waals surface area contributed by atoms with E-state index in [4.69, 9.17) is 0 Å². The zero-order valence-corrected chi connectivity index (χ0v) is 21.1. The van der Waals surface area contributed by atoms with Crippen molar-refractivity contribution in [2.24, 2.45) is 0 Å². The minimum atomic E-state index is -1.04. The van der Waals surface area contributed by atoms with Crippen LogP contribution in [0.1, 0.15) is 28.4 Å². The number of hydrogen-bond donors (Lipinski definition) is 4. The van der Waals surface area contributed by atoms with E-state index < -0.39 is 17.3 Å². The fourth-order valence-corrected chi connectivity index (χ4v) is 6.29. The minimum absolute atomic E-state index is 0.0115. The normalized spacial score (nSPS) is 19.9. The molecule has 4 N–H and O–H groups in total. The second-order valence-electron chi connectivity index (χ2n) is 10.3. The number of amides is 2. The van der Waals surface area contributed by atoms with Crippen molar-refractivity contribution in [3.8, 4) is 0 Å². The average molecular weight is 522 g/mol. The van der Waals surface area contributed by atoms with Crippen LogP contribution in [-0.4, -0.2) is 55.9 Å². The lowest BCUT2D eigenvalue weighted by molar-refractivity contribution is -0.991. The number of piperazine rings is 1. The highest BCUT2D eigenvalue weighted by molar-refractivity contribution is 5.97. The third kappa shape index (κ3) is 3.82. The number of benzene rings is 3. The maximum Gasteiger partial charge on any atom is 0.246 e. The predicted octanol–water partition coefficient (Wildman–Crippen LogP) is 2.98. The summed E-state index contributed by atoms with van der Waals surface area (Å²) < 4.78 is 0. The third-order valence-electron chi connectivity index (χ3n) is 8.12. The van der Waals surface area contributed by atoms with E-state index in [1.807, 2.05) is 54.7 Å².